The van der Waals surface area contributed by atoms with Crippen molar-refractivity contribution in [1.82, 2.24) is 5.32 Å². The van der Waals surface area contributed by atoms with E-state index in [0.29, 0.717) is 30.5 Å². The van der Waals surface area contributed by atoms with Crippen molar-refractivity contribution in [2.75, 3.05) is 19.8 Å². The summed E-state index contributed by atoms with van der Waals surface area (Å²) in [5.41, 5.74) is 3.69. The zero-order valence-corrected chi connectivity index (χ0v) is 36.0. The van der Waals surface area contributed by atoms with Crippen molar-refractivity contribution < 1.29 is 54.6 Å². The van der Waals surface area contributed by atoms with Gasteiger partial charge in [-0.3, -0.25) is 4.79 Å². The molecule has 0 saturated heterocycles. The molecule has 1 N–H and O–H groups in total. The van der Waals surface area contributed by atoms with E-state index < -0.39 is 0 Å². The number of benzene rings is 2. The molecule has 0 bridgehead atoms. The first-order valence-corrected chi connectivity index (χ1v) is 16.9. The molecular weight excluding hydrogens is 817 g/mol. The Morgan fingerprint density at radius 1 is 0.936 bits per heavy atom. The minimum Gasteiger partial charge on any atom is -0.378 e. The van der Waals surface area contributed by atoms with Crippen LogP contribution in [-0.2, 0) is 19.1 Å². The van der Waals surface area contributed by atoms with E-state index >= 15 is 0 Å². The summed E-state index contributed by atoms with van der Waals surface area (Å²) in [6.07, 6.45) is 8.88. The first-order chi connectivity index (χ1) is 22.1. The average Bonchev–Trinajstić information content (AvgIpc) is 3.08. The third-order valence-electron chi connectivity index (χ3n) is 5.65. The molecule has 268 valence electrons. The van der Waals surface area contributed by atoms with Gasteiger partial charge in [0.05, 0.1) is 18.3 Å². The molecule has 6 nitrogen and oxygen atoms in total. The molecule has 47 heavy (non-hydrogen) atoms. The third kappa shape index (κ3) is 41.8. The molecule has 0 saturated carbocycles. The number of amides is 1. The van der Waals surface area contributed by atoms with Crippen molar-refractivity contribution >= 4 is 12.7 Å². The Labute approximate surface area is 313 Å². The fourth-order valence-electron chi connectivity index (χ4n) is 3.01. The molecule has 0 aliphatic carbocycles. The number of aldehydes is 1. The Hall–Kier alpha value is -2.16. The van der Waals surface area contributed by atoms with Crippen molar-refractivity contribution in [2.45, 2.75) is 134 Å². The number of rotatable bonds is 13. The molecule has 0 aliphatic heterocycles. The van der Waals surface area contributed by atoms with E-state index in [1.54, 1.807) is 25.1 Å². The second kappa shape index (κ2) is 48.2. The van der Waals surface area contributed by atoms with Crippen LogP contribution in [0.1, 0.15) is 119 Å². The van der Waals surface area contributed by atoms with Crippen LogP contribution in [0.2, 0.25) is 0 Å². The molecule has 2 rings (SSSR count). The van der Waals surface area contributed by atoms with Gasteiger partial charge in [0.2, 0.25) is 6.41 Å². The molecule has 8 heteroatoms. The smallest absolute Gasteiger partial charge is 0.378 e. The standard InChI is InChI=1S/C14H12F.C12H26O2.C4H10.C3H4N2O.C2H3O.2C2H6.U/c1-10-4-3-5-12(8-10)13-7-6-11(2)14(15)9-13;1-5-8-12(13-7-3)9-10-14-11(4)6-2;1-3-4-2;4-1-2-5-3-6;1-2-3;2*1-2;/h3,5-9H,1-2H3;11-12H,5-10H2,1-4H3;3-4H2,1-2H3;3H,2H2,(H,5,6);2H,1H2;2*1-2H3;/q-1;;;;-1;;;+2/t;11-,12?;;;;;;/m.1....../s1. The molecular formula is C39H67FN2O4U. The molecule has 0 spiro atoms. The van der Waals surface area contributed by atoms with Crippen LogP contribution >= 0.6 is 0 Å². The molecule has 2 aromatic carbocycles. The van der Waals surface area contributed by atoms with Gasteiger partial charge in [0.25, 0.3) is 0 Å². The van der Waals surface area contributed by atoms with Crippen LogP contribution < -0.4 is 5.32 Å². The van der Waals surface area contributed by atoms with E-state index in [4.69, 9.17) is 19.5 Å². The second-order valence-electron chi connectivity index (χ2n) is 9.29. The van der Waals surface area contributed by atoms with Crippen molar-refractivity contribution in [3.8, 4) is 17.2 Å². The Morgan fingerprint density at radius 2 is 1.49 bits per heavy atom. The predicted octanol–water partition coefficient (Wildman–Crippen LogP) is 10.4. The second-order valence-corrected chi connectivity index (χ2v) is 9.29. The Kier molecular flexibility index (Phi) is 58.6. The minimum absolute atomic E-state index is 0. The fourth-order valence-corrected chi connectivity index (χ4v) is 3.01. The molecule has 1 unspecified atom stereocenters. The number of hydrogen-bond donors (Lipinski definition) is 1. The SMILES string of the molecule is CC.CC.CCCC.CCCC(CCO[C@H](C)CC)OCC.Cc1[c-]ccc(-c2ccc(C)c(F)c2)c1.N#CCNC=O.[CH2-]C=O.[U+2]. The van der Waals surface area contributed by atoms with Gasteiger partial charge in [0, 0.05) is 13.2 Å². The zero-order valence-electron chi connectivity index (χ0n) is 31.8. The summed E-state index contributed by atoms with van der Waals surface area (Å²) in [6.45, 7) is 29.2. The Bertz CT molecular complexity index is 947. The number of carbonyl (C=O) groups is 2. The quantitative estimate of drug-likeness (QED) is 0.0937. The van der Waals surface area contributed by atoms with Gasteiger partial charge in [-0.05, 0) is 63.5 Å². The van der Waals surface area contributed by atoms with Crippen LogP contribution in [0.25, 0.3) is 11.1 Å². The first kappa shape index (κ1) is 57.1. The topological polar surface area (TPSA) is 88.4 Å². The van der Waals surface area contributed by atoms with Crippen molar-refractivity contribution in [1.29, 1.82) is 5.26 Å². The summed E-state index contributed by atoms with van der Waals surface area (Å²) in [4.78, 5) is 18.0. The minimum atomic E-state index is -0.155. The summed E-state index contributed by atoms with van der Waals surface area (Å²) in [7, 11) is 0. The molecule has 0 fully saturated rings. The first-order valence-electron chi connectivity index (χ1n) is 16.9. The molecule has 1 amide bonds. The van der Waals surface area contributed by atoms with Crippen LogP contribution in [0.3, 0.4) is 0 Å². The van der Waals surface area contributed by atoms with Crippen molar-refractivity contribution in [2.24, 2.45) is 0 Å². The number of carbonyl (C=O) groups excluding carboxylic acids is 2. The average molecular weight is 885 g/mol. The number of halogens is 1. The normalized spacial score (nSPS) is 9.79. The van der Waals surface area contributed by atoms with E-state index in [0.717, 1.165) is 49.2 Å². The molecule has 0 aliphatic rings. The van der Waals surface area contributed by atoms with Gasteiger partial charge in [-0.15, -0.1) is 5.56 Å². The van der Waals surface area contributed by atoms with Gasteiger partial charge in [-0.2, -0.15) is 35.1 Å². The summed E-state index contributed by atoms with van der Waals surface area (Å²) in [6, 6.07) is 15.9. The number of nitriles is 1. The van der Waals surface area contributed by atoms with Crippen LogP contribution in [0.15, 0.2) is 36.4 Å². The van der Waals surface area contributed by atoms with Crippen molar-refractivity contribution in [3.05, 3.63) is 66.3 Å². The maximum Gasteiger partial charge on any atom is 2.00 e. The number of aryl methyl sites for hydroxylation is 2. The van der Waals surface area contributed by atoms with E-state index in [2.05, 4.69) is 59.8 Å². The largest absolute Gasteiger partial charge is 2.00 e. The summed E-state index contributed by atoms with van der Waals surface area (Å²) in [5, 5.41) is 9.88. The summed E-state index contributed by atoms with van der Waals surface area (Å²) >= 11 is 0. The number of nitrogens with one attached hydrogen (secondary N) is 1. The maximum atomic E-state index is 13.4. The predicted molar refractivity (Wildman–Crippen MR) is 195 cm³/mol. The number of unbranched alkanes of at least 4 members (excludes halogenated alkanes) is 1. The Morgan fingerprint density at radius 3 is 1.87 bits per heavy atom. The van der Waals surface area contributed by atoms with Crippen LogP contribution in [0, 0.1) is 75.1 Å². The van der Waals surface area contributed by atoms with Crippen molar-refractivity contribution in [3.63, 3.8) is 0 Å². The van der Waals surface area contributed by atoms with Gasteiger partial charge < -0.3 is 26.5 Å². The number of ether oxygens (including phenoxy) is 2. The third-order valence-corrected chi connectivity index (χ3v) is 5.65. The monoisotopic (exact) mass is 885 g/mol. The van der Waals surface area contributed by atoms with Gasteiger partial charge >= 0.3 is 31.1 Å². The molecule has 0 radical (unpaired) electrons. The zero-order chi connectivity index (χ0) is 36.6. The molecule has 0 heterocycles. The number of hydrogen-bond acceptors (Lipinski definition) is 5. The molecule has 2 aromatic rings. The van der Waals surface area contributed by atoms with Gasteiger partial charge in [-0.1, -0.05) is 93.7 Å². The maximum absolute atomic E-state index is 13.4. The Balaban J connectivity index is -0.000000120. The molecule has 0 aromatic heterocycles. The fraction of sp³-hybridized carbons (Fsp3) is 0.590. The van der Waals surface area contributed by atoms with Crippen LogP contribution in [0.5, 0.6) is 0 Å². The summed E-state index contributed by atoms with van der Waals surface area (Å²) < 4.78 is 24.6. The van der Waals surface area contributed by atoms with Crippen LogP contribution in [0.4, 0.5) is 4.39 Å². The van der Waals surface area contributed by atoms with Crippen LogP contribution in [-0.4, -0.2) is 44.7 Å². The summed E-state index contributed by atoms with van der Waals surface area (Å²) in [5.74, 6) is -0.155. The molecule has 2 atom stereocenters. The van der Waals surface area contributed by atoms with E-state index in [1.807, 2.05) is 58.9 Å². The van der Waals surface area contributed by atoms with Gasteiger partial charge in [-0.25, -0.2) is 4.39 Å². The number of nitrogens with zero attached hydrogens (tertiary/aromatic N) is 1. The van der Waals surface area contributed by atoms with E-state index in [-0.39, 0.29) is 43.5 Å². The van der Waals surface area contributed by atoms with Gasteiger partial charge in [0.1, 0.15) is 12.4 Å². The van der Waals surface area contributed by atoms with E-state index in [9.17, 15) is 9.18 Å². The van der Waals surface area contributed by atoms with E-state index in [1.165, 1.54) is 19.3 Å². The van der Waals surface area contributed by atoms with Gasteiger partial charge in [0.15, 0.2) is 0 Å².